The number of nitrogens with zero attached hydrogens (tertiary/aromatic N) is 1. The fourth-order valence-corrected chi connectivity index (χ4v) is 3.02. The van der Waals surface area contributed by atoms with Crippen LogP contribution in [0.5, 0.6) is 0 Å². The van der Waals surface area contributed by atoms with Gasteiger partial charge in [0.1, 0.15) is 16.7 Å². The quantitative estimate of drug-likeness (QED) is 0.440. The fraction of sp³-hybridized carbons (Fsp3) is 0. The number of nitrogens with one attached hydrogen (secondary N) is 2. The summed E-state index contributed by atoms with van der Waals surface area (Å²) in [7, 11) is 0. The van der Waals surface area contributed by atoms with Crippen molar-refractivity contribution in [1.29, 1.82) is 10.8 Å². The number of benzene rings is 2. The monoisotopic (exact) mass is 295 g/mol. The number of hydrogen-bond acceptors (Lipinski definition) is 4. The Morgan fingerprint density at radius 1 is 0.905 bits per heavy atom. The number of thiazole rings is 1. The summed E-state index contributed by atoms with van der Waals surface area (Å²) in [4.78, 5) is 4.58. The van der Waals surface area contributed by atoms with Gasteiger partial charge in [0.2, 0.25) is 0 Å². The summed E-state index contributed by atoms with van der Waals surface area (Å²) < 4.78 is 0.994. The zero-order chi connectivity index (χ0) is 15.0. The number of amidine groups is 2. The van der Waals surface area contributed by atoms with E-state index in [1.54, 1.807) is 17.4 Å². The molecule has 104 valence electrons. The molecule has 0 saturated heterocycles. The van der Waals surface area contributed by atoms with Gasteiger partial charge in [-0.05, 0) is 18.2 Å². The van der Waals surface area contributed by atoms with Crippen LogP contribution >= 0.6 is 11.3 Å². The molecule has 1 aromatic heterocycles. The first-order valence-corrected chi connectivity index (χ1v) is 7.06. The van der Waals surface area contributed by atoms with E-state index >= 15 is 0 Å². The van der Waals surface area contributed by atoms with Crippen molar-refractivity contribution in [1.82, 2.24) is 4.98 Å². The van der Waals surface area contributed by atoms with Gasteiger partial charge in [-0.25, -0.2) is 4.98 Å². The molecule has 5 nitrogen and oxygen atoms in total. The molecule has 0 aliphatic carbocycles. The van der Waals surface area contributed by atoms with Crippen LogP contribution in [-0.4, -0.2) is 16.7 Å². The molecule has 2 aromatic carbocycles. The maximum Gasteiger partial charge on any atom is 0.124 e. The average Bonchev–Trinajstić information content (AvgIpc) is 2.90. The number of nitrogens with two attached hydrogens (primary N) is 2. The zero-order valence-electron chi connectivity index (χ0n) is 11.1. The third kappa shape index (κ3) is 2.48. The van der Waals surface area contributed by atoms with Gasteiger partial charge >= 0.3 is 0 Å². The van der Waals surface area contributed by atoms with Gasteiger partial charge in [-0.1, -0.05) is 24.3 Å². The molecule has 0 amide bonds. The highest BCUT2D eigenvalue weighted by Gasteiger charge is 2.08. The molecule has 0 radical (unpaired) electrons. The van der Waals surface area contributed by atoms with Crippen molar-refractivity contribution < 1.29 is 0 Å². The van der Waals surface area contributed by atoms with Crippen molar-refractivity contribution >= 4 is 33.2 Å². The van der Waals surface area contributed by atoms with Crippen LogP contribution in [0.2, 0.25) is 0 Å². The van der Waals surface area contributed by atoms with Gasteiger partial charge in [0.05, 0.1) is 10.2 Å². The predicted molar refractivity (Wildman–Crippen MR) is 87.1 cm³/mol. The summed E-state index contributed by atoms with van der Waals surface area (Å²) in [5.74, 6) is 0.106. The Labute approximate surface area is 125 Å². The normalized spacial score (nSPS) is 10.7. The number of hydrogen-bond donors (Lipinski definition) is 4. The average molecular weight is 295 g/mol. The Hall–Kier alpha value is -2.73. The second-order valence-corrected chi connectivity index (χ2v) is 5.64. The lowest BCUT2D eigenvalue weighted by atomic mass is 10.1. The molecule has 0 fully saturated rings. The maximum atomic E-state index is 7.48. The number of aromatic nitrogens is 1. The second-order valence-electron chi connectivity index (χ2n) is 4.61. The Balaban J connectivity index is 2.04. The summed E-state index contributed by atoms with van der Waals surface area (Å²) in [5, 5.41) is 15.8. The van der Waals surface area contributed by atoms with Gasteiger partial charge in [-0.15, -0.1) is 11.3 Å². The van der Waals surface area contributed by atoms with Crippen molar-refractivity contribution in [3.05, 3.63) is 53.6 Å². The summed E-state index contributed by atoms with van der Waals surface area (Å²) in [6.45, 7) is 0. The van der Waals surface area contributed by atoms with E-state index in [9.17, 15) is 0 Å². The highest BCUT2D eigenvalue weighted by atomic mass is 32.1. The van der Waals surface area contributed by atoms with Gasteiger partial charge in [0.25, 0.3) is 0 Å². The van der Waals surface area contributed by atoms with E-state index in [4.69, 9.17) is 22.3 Å². The van der Waals surface area contributed by atoms with E-state index in [1.807, 2.05) is 36.4 Å². The molecule has 0 atom stereocenters. The Kier molecular flexibility index (Phi) is 3.15. The molecular formula is C15H13N5S. The highest BCUT2D eigenvalue weighted by molar-refractivity contribution is 7.21. The minimum atomic E-state index is 0.0527. The largest absolute Gasteiger partial charge is 0.384 e. The third-order valence-corrected chi connectivity index (χ3v) is 4.21. The van der Waals surface area contributed by atoms with Gasteiger partial charge in [0, 0.05) is 16.7 Å². The molecule has 6 N–H and O–H groups in total. The highest BCUT2D eigenvalue weighted by Crippen LogP contribution is 2.30. The maximum absolute atomic E-state index is 7.48. The lowest BCUT2D eigenvalue weighted by Crippen LogP contribution is -2.10. The Morgan fingerprint density at radius 2 is 1.52 bits per heavy atom. The summed E-state index contributed by atoms with van der Waals surface area (Å²) in [6.07, 6.45) is 0. The van der Waals surface area contributed by atoms with Crippen LogP contribution in [0.4, 0.5) is 0 Å². The molecule has 3 rings (SSSR count). The van der Waals surface area contributed by atoms with E-state index in [0.717, 1.165) is 20.8 Å². The molecule has 0 spiro atoms. The van der Waals surface area contributed by atoms with Gasteiger partial charge in [-0.2, -0.15) is 0 Å². The van der Waals surface area contributed by atoms with E-state index < -0.39 is 0 Å². The molecule has 6 heteroatoms. The SMILES string of the molecule is N=C(N)c1ccc(-c2nc3ccc(C(=N)N)cc3s2)cc1. The number of fused-ring (bicyclic) bond motifs is 1. The molecular weight excluding hydrogens is 282 g/mol. The first-order chi connectivity index (χ1) is 10.0. The smallest absolute Gasteiger partial charge is 0.124 e. The van der Waals surface area contributed by atoms with Crippen molar-refractivity contribution in [2.45, 2.75) is 0 Å². The Morgan fingerprint density at radius 3 is 2.14 bits per heavy atom. The van der Waals surface area contributed by atoms with E-state index in [0.29, 0.717) is 11.1 Å². The molecule has 21 heavy (non-hydrogen) atoms. The van der Waals surface area contributed by atoms with Crippen LogP contribution in [0.25, 0.3) is 20.8 Å². The fourth-order valence-electron chi connectivity index (χ4n) is 2.01. The lowest BCUT2D eigenvalue weighted by Gasteiger charge is -1.99. The van der Waals surface area contributed by atoms with Crippen LogP contribution in [0.15, 0.2) is 42.5 Å². The van der Waals surface area contributed by atoms with Crippen LogP contribution in [-0.2, 0) is 0 Å². The van der Waals surface area contributed by atoms with E-state index in [1.165, 1.54) is 0 Å². The van der Waals surface area contributed by atoms with Crippen molar-refractivity contribution in [3.63, 3.8) is 0 Å². The standard InChI is InChI=1S/C15H13N5S/c16-13(17)8-1-3-9(4-2-8)15-20-11-6-5-10(14(18)19)7-12(11)21-15/h1-7H,(H3,16,17)(H3,18,19). The van der Waals surface area contributed by atoms with Crippen LogP contribution in [0, 0.1) is 10.8 Å². The first-order valence-electron chi connectivity index (χ1n) is 6.24. The molecule has 3 aromatic rings. The minimum Gasteiger partial charge on any atom is -0.384 e. The van der Waals surface area contributed by atoms with Crippen molar-refractivity contribution in [2.75, 3.05) is 0 Å². The summed E-state index contributed by atoms with van der Waals surface area (Å²) >= 11 is 1.55. The molecule has 0 saturated carbocycles. The van der Waals surface area contributed by atoms with Crippen LogP contribution in [0.3, 0.4) is 0 Å². The molecule has 0 aliphatic rings. The Bertz CT molecular complexity index is 848. The van der Waals surface area contributed by atoms with Crippen LogP contribution in [0.1, 0.15) is 11.1 Å². The van der Waals surface area contributed by atoms with E-state index in [-0.39, 0.29) is 11.7 Å². The zero-order valence-corrected chi connectivity index (χ0v) is 11.9. The lowest BCUT2D eigenvalue weighted by molar-refractivity contribution is 1.41. The van der Waals surface area contributed by atoms with Gasteiger partial charge in [-0.3, -0.25) is 10.8 Å². The first kappa shape index (κ1) is 13.3. The molecule has 0 unspecified atom stereocenters. The second kappa shape index (κ2) is 4.99. The number of nitrogen functional groups attached to an aromatic ring is 2. The predicted octanol–water partition coefficient (Wildman–Crippen LogP) is 2.53. The van der Waals surface area contributed by atoms with E-state index in [2.05, 4.69) is 4.98 Å². The summed E-state index contributed by atoms with van der Waals surface area (Å²) in [6, 6.07) is 13.0. The van der Waals surface area contributed by atoms with Crippen LogP contribution < -0.4 is 11.5 Å². The topological polar surface area (TPSA) is 113 Å². The molecule has 0 aliphatic heterocycles. The molecule has 1 heterocycles. The van der Waals surface area contributed by atoms with Gasteiger partial charge < -0.3 is 11.5 Å². The van der Waals surface area contributed by atoms with Crippen molar-refractivity contribution in [2.24, 2.45) is 11.5 Å². The summed E-state index contributed by atoms with van der Waals surface area (Å²) in [5.41, 5.74) is 14.2. The number of rotatable bonds is 3. The molecule has 0 bridgehead atoms. The van der Waals surface area contributed by atoms with Crippen molar-refractivity contribution in [3.8, 4) is 10.6 Å². The van der Waals surface area contributed by atoms with Gasteiger partial charge in [0.15, 0.2) is 0 Å². The third-order valence-electron chi connectivity index (χ3n) is 3.14. The minimum absolute atomic E-state index is 0.0527.